The van der Waals surface area contributed by atoms with Gasteiger partial charge in [-0.2, -0.15) is 0 Å². The van der Waals surface area contributed by atoms with Crippen LogP contribution >= 0.6 is 15.9 Å². The largest absolute Gasteiger partial charge is 0.493 e. The maximum absolute atomic E-state index is 11.4. The molecule has 0 amide bonds. The summed E-state index contributed by atoms with van der Waals surface area (Å²) in [4.78, 5) is 11.4. The number of benzene rings is 1. The zero-order valence-electron chi connectivity index (χ0n) is 9.75. The standard InChI is InChI=1S/C13H17BrO2/c1-3-4-5-8-16-13-7-6-11(14)9-12(13)10(2)15/h6-7,9H,3-5,8H2,1-2H3. The lowest BCUT2D eigenvalue weighted by molar-refractivity contribution is 0.101. The van der Waals surface area contributed by atoms with Crippen molar-refractivity contribution in [1.82, 2.24) is 0 Å². The molecule has 0 saturated carbocycles. The molecule has 0 radical (unpaired) electrons. The van der Waals surface area contributed by atoms with Crippen LogP contribution in [0.15, 0.2) is 22.7 Å². The Bertz CT molecular complexity index is 361. The minimum Gasteiger partial charge on any atom is -0.493 e. The molecular formula is C13H17BrO2. The van der Waals surface area contributed by atoms with Gasteiger partial charge < -0.3 is 4.74 Å². The van der Waals surface area contributed by atoms with E-state index in [9.17, 15) is 4.79 Å². The summed E-state index contributed by atoms with van der Waals surface area (Å²) in [6.07, 6.45) is 3.36. The average Bonchev–Trinajstić information content (AvgIpc) is 2.26. The minimum absolute atomic E-state index is 0.0341. The summed E-state index contributed by atoms with van der Waals surface area (Å²) in [6, 6.07) is 5.53. The number of Topliss-reactive ketones (excluding diaryl/α,β-unsaturated/α-hetero) is 1. The third-order valence-electron chi connectivity index (χ3n) is 2.33. The molecule has 0 aliphatic heterocycles. The summed E-state index contributed by atoms with van der Waals surface area (Å²) in [5.74, 6) is 0.721. The average molecular weight is 285 g/mol. The zero-order valence-corrected chi connectivity index (χ0v) is 11.3. The first-order valence-corrected chi connectivity index (χ1v) is 6.37. The number of unbranched alkanes of at least 4 members (excludes halogenated alkanes) is 2. The van der Waals surface area contributed by atoms with Crippen molar-refractivity contribution < 1.29 is 9.53 Å². The van der Waals surface area contributed by atoms with Gasteiger partial charge in [-0.3, -0.25) is 4.79 Å². The van der Waals surface area contributed by atoms with Crippen molar-refractivity contribution in [3.8, 4) is 5.75 Å². The van der Waals surface area contributed by atoms with E-state index in [-0.39, 0.29) is 5.78 Å². The van der Waals surface area contributed by atoms with Gasteiger partial charge in [0.15, 0.2) is 5.78 Å². The van der Waals surface area contributed by atoms with Crippen LogP contribution in [0.4, 0.5) is 0 Å². The lowest BCUT2D eigenvalue weighted by atomic mass is 10.1. The highest BCUT2D eigenvalue weighted by Gasteiger charge is 2.08. The predicted molar refractivity (Wildman–Crippen MR) is 69.2 cm³/mol. The molecule has 0 aliphatic rings. The van der Waals surface area contributed by atoms with E-state index in [1.54, 1.807) is 13.0 Å². The van der Waals surface area contributed by atoms with Crippen molar-refractivity contribution in [3.63, 3.8) is 0 Å². The van der Waals surface area contributed by atoms with E-state index in [0.29, 0.717) is 17.9 Å². The van der Waals surface area contributed by atoms with E-state index in [0.717, 1.165) is 17.3 Å². The van der Waals surface area contributed by atoms with Crippen molar-refractivity contribution in [2.45, 2.75) is 33.1 Å². The second-order valence-electron chi connectivity index (χ2n) is 3.75. The Morgan fingerprint density at radius 2 is 2.12 bits per heavy atom. The Morgan fingerprint density at radius 3 is 2.75 bits per heavy atom. The summed E-state index contributed by atoms with van der Waals surface area (Å²) in [7, 11) is 0. The van der Waals surface area contributed by atoms with Gasteiger partial charge in [-0.05, 0) is 31.5 Å². The van der Waals surface area contributed by atoms with Crippen LogP contribution in [-0.2, 0) is 0 Å². The van der Waals surface area contributed by atoms with Crippen LogP contribution in [0.2, 0.25) is 0 Å². The molecule has 0 fully saturated rings. The SMILES string of the molecule is CCCCCOc1ccc(Br)cc1C(C)=O. The Morgan fingerprint density at radius 1 is 1.38 bits per heavy atom. The fourth-order valence-electron chi connectivity index (χ4n) is 1.44. The van der Waals surface area contributed by atoms with Crippen molar-refractivity contribution in [2.24, 2.45) is 0 Å². The summed E-state index contributed by atoms with van der Waals surface area (Å²) in [5.41, 5.74) is 0.644. The van der Waals surface area contributed by atoms with Crippen molar-refractivity contribution in [2.75, 3.05) is 6.61 Å². The molecule has 0 atom stereocenters. The molecule has 16 heavy (non-hydrogen) atoms. The first-order chi connectivity index (χ1) is 7.65. The van der Waals surface area contributed by atoms with Gasteiger partial charge in [-0.25, -0.2) is 0 Å². The minimum atomic E-state index is 0.0341. The van der Waals surface area contributed by atoms with Crippen LogP contribution < -0.4 is 4.74 Å². The van der Waals surface area contributed by atoms with Crippen molar-refractivity contribution in [3.05, 3.63) is 28.2 Å². The van der Waals surface area contributed by atoms with Gasteiger partial charge in [0, 0.05) is 4.47 Å². The first-order valence-electron chi connectivity index (χ1n) is 5.58. The van der Waals surface area contributed by atoms with Gasteiger partial charge in [0.1, 0.15) is 5.75 Å². The third kappa shape index (κ3) is 3.97. The Kier molecular flexibility index (Phi) is 5.53. The van der Waals surface area contributed by atoms with Gasteiger partial charge in [0.05, 0.1) is 12.2 Å². The maximum atomic E-state index is 11.4. The Labute approximate surface area is 105 Å². The molecule has 0 spiro atoms. The van der Waals surface area contributed by atoms with E-state index in [1.807, 2.05) is 12.1 Å². The number of ether oxygens (including phenoxy) is 1. The molecule has 0 aromatic heterocycles. The molecular weight excluding hydrogens is 268 g/mol. The number of hydrogen-bond acceptors (Lipinski definition) is 2. The fourth-order valence-corrected chi connectivity index (χ4v) is 1.80. The van der Waals surface area contributed by atoms with Crippen LogP contribution in [0.1, 0.15) is 43.5 Å². The highest BCUT2D eigenvalue weighted by molar-refractivity contribution is 9.10. The Balaban J connectivity index is 2.67. The normalized spacial score (nSPS) is 10.2. The molecule has 1 rings (SSSR count). The lowest BCUT2D eigenvalue weighted by Gasteiger charge is -2.09. The molecule has 3 heteroatoms. The van der Waals surface area contributed by atoms with E-state index < -0.39 is 0 Å². The molecule has 1 aromatic rings. The molecule has 0 saturated heterocycles. The summed E-state index contributed by atoms with van der Waals surface area (Å²) in [6.45, 7) is 4.39. The molecule has 0 aliphatic carbocycles. The molecule has 88 valence electrons. The van der Waals surface area contributed by atoms with Gasteiger partial charge in [-0.15, -0.1) is 0 Å². The number of ketones is 1. The number of halogens is 1. The summed E-state index contributed by atoms with van der Waals surface area (Å²) in [5, 5.41) is 0. The quantitative estimate of drug-likeness (QED) is 0.577. The van der Waals surface area contributed by atoms with E-state index in [1.165, 1.54) is 6.42 Å². The number of carbonyl (C=O) groups excluding carboxylic acids is 1. The van der Waals surface area contributed by atoms with Crippen molar-refractivity contribution >= 4 is 21.7 Å². The van der Waals surface area contributed by atoms with Crippen LogP contribution in [0.3, 0.4) is 0 Å². The highest BCUT2D eigenvalue weighted by Crippen LogP contribution is 2.23. The third-order valence-corrected chi connectivity index (χ3v) is 2.82. The smallest absolute Gasteiger partial charge is 0.163 e. The summed E-state index contributed by atoms with van der Waals surface area (Å²) < 4.78 is 6.52. The molecule has 0 unspecified atom stereocenters. The number of hydrogen-bond donors (Lipinski definition) is 0. The number of rotatable bonds is 6. The van der Waals surface area contributed by atoms with Crippen LogP contribution in [0.5, 0.6) is 5.75 Å². The maximum Gasteiger partial charge on any atom is 0.163 e. The van der Waals surface area contributed by atoms with E-state index in [2.05, 4.69) is 22.9 Å². The molecule has 0 bridgehead atoms. The second-order valence-corrected chi connectivity index (χ2v) is 4.67. The van der Waals surface area contributed by atoms with Gasteiger partial charge >= 0.3 is 0 Å². The van der Waals surface area contributed by atoms with Gasteiger partial charge in [-0.1, -0.05) is 35.7 Å². The molecule has 0 N–H and O–H groups in total. The van der Waals surface area contributed by atoms with Crippen LogP contribution in [0.25, 0.3) is 0 Å². The number of carbonyl (C=O) groups is 1. The second kappa shape index (κ2) is 6.69. The molecule has 0 heterocycles. The van der Waals surface area contributed by atoms with E-state index >= 15 is 0 Å². The van der Waals surface area contributed by atoms with Gasteiger partial charge in [0.25, 0.3) is 0 Å². The predicted octanol–water partition coefficient (Wildman–Crippen LogP) is 4.22. The fraction of sp³-hybridized carbons (Fsp3) is 0.462. The van der Waals surface area contributed by atoms with Crippen LogP contribution in [0, 0.1) is 0 Å². The van der Waals surface area contributed by atoms with E-state index in [4.69, 9.17) is 4.74 Å². The van der Waals surface area contributed by atoms with Crippen molar-refractivity contribution in [1.29, 1.82) is 0 Å². The first kappa shape index (κ1) is 13.2. The summed E-state index contributed by atoms with van der Waals surface area (Å²) >= 11 is 3.35. The molecule has 1 aromatic carbocycles. The van der Waals surface area contributed by atoms with Crippen LogP contribution in [-0.4, -0.2) is 12.4 Å². The Hall–Kier alpha value is -0.830. The highest BCUT2D eigenvalue weighted by atomic mass is 79.9. The molecule has 2 nitrogen and oxygen atoms in total. The zero-order chi connectivity index (χ0) is 12.0. The monoisotopic (exact) mass is 284 g/mol. The lowest BCUT2D eigenvalue weighted by Crippen LogP contribution is -2.02. The topological polar surface area (TPSA) is 26.3 Å². The van der Waals surface area contributed by atoms with Gasteiger partial charge in [0.2, 0.25) is 0 Å².